The lowest BCUT2D eigenvalue weighted by molar-refractivity contribution is -0.132. The number of tetrazole rings is 1. The third kappa shape index (κ3) is 5.26. The van der Waals surface area contributed by atoms with Crippen molar-refractivity contribution in [3.05, 3.63) is 47.3 Å². The van der Waals surface area contributed by atoms with Gasteiger partial charge in [-0.1, -0.05) is 12.1 Å². The second-order valence-corrected chi connectivity index (χ2v) is 8.51. The van der Waals surface area contributed by atoms with Crippen molar-refractivity contribution in [3.8, 4) is 11.8 Å². The number of carbonyl (C=O) groups excluding carboxylic acids is 1. The lowest BCUT2D eigenvalue weighted by Gasteiger charge is -2.35. The van der Waals surface area contributed by atoms with Gasteiger partial charge >= 0.3 is 0 Å². The SMILES string of the molecule is COc1cc(CCN2CCN(C(=O)CC3=CCC(C)(n4cnnn4)N=C3)CC2)ccc1C#N. The number of benzene rings is 1. The zero-order valence-electron chi connectivity index (χ0n) is 19.0. The molecule has 1 saturated heterocycles. The summed E-state index contributed by atoms with van der Waals surface area (Å²) in [5.41, 5.74) is 2.08. The maximum absolute atomic E-state index is 12.8. The topological polar surface area (TPSA) is 113 Å². The molecule has 10 nitrogen and oxygen atoms in total. The van der Waals surface area contributed by atoms with E-state index in [1.165, 1.54) is 0 Å². The molecule has 4 rings (SSSR count). The number of hydrogen-bond donors (Lipinski definition) is 0. The molecule has 0 spiro atoms. The van der Waals surface area contributed by atoms with Gasteiger partial charge in [0.15, 0.2) is 5.66 Å². The number of aliphatic imine (C=N–C) groups is 1. The predicted octanol–water partition coefficient (Wildman–Crippen LogP) is 1.40. The highest BCUT2D eigenvalue weighted by Gasteiger charge is 2.29. The third-order valence-corrected chi connectivity index (χ3v) is 6.29. The number of nitrogens with zero attached hydrogens (tertiary/aromatic N) is 8. The van der Waals surface area contributed by atoms with Crippen LogP contribution in [-0.4, -0.2) is 82.0 Å². The Balaban J connectivity index is 1.22. The van der Waals surface area contributed by atoms with Crippen LogP contribution in [0.15, 0.2) is 41.2 Å². The summed E-state index contributed by atoms with van der Waals surface area (Å²) in [5.74, 6) is 0.749. The average molecular weight is 449 g/mol. The number of nitriles is 1. The molecule has 0 saturated carbocycles. The minimum absolute atomic E-state index is 0.134. The highest BCUT2D eigenvalue weighted by atomic mass is 16.5. The summed E-state index contributed by atoms with van der Waals surface area (Å²) < 4.78 is 6.93. The first-order valence-electron chi connectivity index (χ1n) is 11.1. The molecule has 1 amide bonds. The van der Waals surface area contributed by atoms with Gasteiger partial charge in [0.2, 0.25) is 5.91 Å². The molecule has 1 unspecified atom stereocenters. The van der Waals surface area contributed by atoms with E-state index in [1.54, 1.807) is 30.4 Å². The molecule has 10 heteroatoms. The Kier molecular flexibility index (Phi) is 6.79. The third-order valence-electron chi connectivity index (χ3n) is 6.29. The van der Waals surface area contributed by atoms with Gasteiger partial charge in [0.25, 0.3) is 0 Å². The number of hydrogen-bond acceptors (Lipinski definition) is 8. The van der Waals surface area contributed by atoms with Gasteiger partial charge in [0.05, 0.1) is 19.1 Å². The van der Waals surface area contributed by atoms with Crippen LogP contribution in [0, 0.1) is 11.3 Å². The van der Waals surface area contributed by atoms with Gasteiger partial charge in [-0.05, 0) is 47.0 Å². The molecule has 0 bridgehead atoms. The fourth-order valence-electron chi connectivity index (χ4n) is 4.08. The molecular weight excluding hydrogens is 420 g/mol. The summed E-state index contributed by atoms with van der Waals surface area (Å²) in [6.07, 6.45) is 7.25. The van der Waals surface area contributed by atoms with Crippen molar-refractivity contribution in [3.63, 3.8) is 0 Å². The van der Waals surface area contributed by atoms with Gasteiger partial charge in [-0.2, -0.15) is 5.26 Å². The van der Waals surface area contributed by atoms with Crippen LogP contribution in [0.5, 0.6) is 5.75 Å². The molecule has 1 fully saturated rings. The van der Waals surface area contributed by atoms with Gasteiger partial charge in [0, 0.05) is 45.4 Å². The molecule has 2 aliphatic rings. The molecular formula is C23H28N8O2. The highest BCUT2D eigenvalue weighted by Crippen LogP contribution is 2.26. The number of ether oxygens (including phenoxy) is 1. The Morgan fingerprint density at radius 1 is 1.27 bits per heavy atom. The van der Waals surface area contributed by atoms with E-state index in [0.29, 0.717) is 24.2 Å². The zero-order chi connectivity index (χ0) is 23.3. The first kappa shape index (κ1) is 22.6. The molecule has 0 radical (unpaired) electrons. The van der Waals surface area contributed by atoms with Crippen molar-refractivity contribution < 1.29 is 9.53 Å². The second-order valence-electron chi connectivity index (χ2n) is 8.51. The summed E-state index contributed by atoms with van der Waals surface area (Å²) >= 11 is 0. The number of carbonyl (C=O) groups is 1. The van der Waals surface area contributed by atoms with Crippen LogP contribution in [0.3, 0.4) is 0 Å². The van der Waals surface area contributed by atoms with E-state index in [9.17, 15) is 4.79 Å². The van der Waals surface area contributed by atoms with Crippen molar-refractivity contribution in [2.75, 3.05) is 39.8 Å². The summed E-state index contributed by atoms with van der Waals surface area (Å²) in [5, 5.41) is 20.4. The zero-order valence-corrected chi connectivity index (χ0v) is 19.0. The van der Waals surface area contributed by atoms with Gasteiger partial charge in [0.1, 0.15) is 18.1 Å². The quantitative estimate of drug-likeness (QED) is 0.629. The first-order chi connectivity index (χ1) is 16.0. The van der Waals surface area contributed by atoms with Crippen LogP contribution < -0.4 is 4.74 Å². The van der Waals surface area contributed by atoms with E-state index in [1.807, 2.05) is 24.0 Å². The van der Waals surface area contributed by atoms with Gasteiger partial charge < -0.3 is 9.64 Å². The van der Waals surface area contributed by atoms with Gasteiger partial charge in [-0.15, -0.1) is 5.10 Å². The summed E-state index contributed by atoms with van der Waals surface area (Å²) in [6.45, 7) is 6.02. The number of rotatable bonds is 7. The monoisotopic (exact) mass is 448 g/mol. The average Bonchev–Trinajstić information content (AvgIpc) is 3.40. The van der Waals surface area contributed by atoms with E-state index in [4.69, 9.17) is 10.00 Å². The minimum Gasteiger partial charge on any atom is -0.495 e. The van der Waals surface area contributed by atoms with E-state index in [-0.39, 0.29) is 5.91 Å². The van der Waals surface area contributed by atoms with Crippen LogP contribution in [0.25, 0.3) is 0 Å². The standard InChI is InChI=1S/C23H28N8O2/c1-23(31-17-26-27-28-31)7-5-19(16-25-23)14-22(32)30-11-9-29(10-12-30)8-6-18-3-4-20(15-24)21(13-18)33-2/h3-5,13,16-17H,6-12,14H2,1-2H3. The van der Waals surface area contributed by atoms with Gasteiger partial charge in [-0.3, -0.25) is 14.7 Å². The van der Waals surface area contributed by atoms with Crippen LogP contribution in [0.2, 0.25) is 0 Å². The van der Waals surface area contributed by atoms with Crippen molar-refractivity contribution in [2.24, 2.45) is 4.99 Å². The Morgan fingerprint density at radius 3 is 2.73 bits per heavy atom. The highest BCUT2D eigenvalue weighted by molar-refractivity contribution is 5.90. The minimum atomic E-state index is -0.541. The Hall–Kier alpha value is -3.58. The van der Waals surface area contributed by atoms with Gasteiger partial charge in [-0.25, -0.2) is 4.68 Å². The van der Waals surface area contributed by atoms with Crippen molar-refractivity contribution in [1.29, 1.82) is 5.26 Å². The summed E-state index contributed by atoms with van der Waals surface area (Å²) in [4.78, 5) is 21.7. The number of aromatic nitrogens is 4. The van der Waals surface area contributed by atoms with Crippen molar-refractivity contribution in [1.82, 2.24) is 30.0 Å². The maximum Gasteiger partial charge on any atom is 0.227 e. The number of amides is 1. The van der Waals surface area contributed by atoms with Crippen LogP contribution in [0.1, 0.15) is 30.9 Å². The second kappa shape index (κ2) is 9.92. The lowest BCUT2D eigenvalue weighted by atomic mass is 10.0. The Bertz CT molecular complexity index is 1080. The summed E-state index contributed by atoms with van der Waals surface area (Å²) in [7, 11) is 1.58. The molecule has 33 heavy (non-hydrogen) atoms. The van der Waals surface area contributed by atoms with Crippen molar-refractivity contribution >= 4 is 12.1 Å². The van der Waals surface area contributed by atoms with E-state index < -0.39 is 5.66 Å². The molecule has 1 aromatic carbocycles. The first-order valence-corrected chi connectivity index (χ1v) is 11.1. The molecule has 2 aromatic rings. The van der Waals surface area contributed by atoms with E-state index in [2.05, 4.69) is 37.6 Å². The van der Waals surface area contributed by atoms with Crippen LogP contribution >= 0.6 is 0 Å². The molecule has 172 valence electrons. The molecule has 2 aliphatic heterocycles. The molecule has 0 aliphatic carbocycles. The largest absolute Gasteiger partial charge is 0.495 e. The Labute approximate surface area is 193 Å². The number of piperazine rings is 1. The predicted molar refractivity (Wildman–Crippen MR) is 122 cm³/mol. The molecule has 1 atom stereocenters. The Morgan fingerprint density at radius 2 is 2.09 bits per heavy atom. The van der Waals surface area contributed by atoms with Crippen LogP contribution in [-0.2, 0) is 16.9 Å². The molecule has 1 aromatic heterocycles. The van der Waals surface area contributed by atoms with E-state index >= 15 is 0 Å². The molecule has 3 heterocycles. The number of methoxy groups -OCH3 is 1. The lowest BCUT2D eigenvalue weighted by Crippen LogP contribution is -2.49. The number of dihydropyridines is 1. The van der Waals surface area contributed by atoms with E-state index in [0.717, 1.165) is 50.3 Å². The van der Waals surface area contributed by atoms with Crippen molar-refractivity contribution in [2.45, 2.75) is 31.8 Å². The fraction of sp³-hybridized carbons (Fsp3) is 0.478. The maximum atomic E-state index is 12.8. The smallest absolute Gasteiger partial charge is 0.227 e. The van der Waals surface area contributed by atoms with Crippen LogP contribution in [0.4, 0.5) is 0 Å². The fourth-order valence-corrected chi connectivity index (χ4v) is 4.08. The summed E-state index contributed by atoms with van der Waals surface area (Å²) in [6, 6.07) is 7.85. The normalized spacial score (nSPS) is 20.9. The molecule has 0 N–H and O–H groups in total.